The monoisotopic (exact) mass is 298 g/mol. The summed E-state index contributed by atoms with van der Waals surface area (Å²) in [6.07, 6.45) is 12.9. The Bertz CT molecular complexity index is 547. The molecule has 0 aliphatic heterocycles. The molecular formula is C20H30N2. The van der Waals surface area contributed by atoms with Crippen LogP contribution in [-0.4, -0.2) is 6.54 Å². The predicted molar refractivity (Wildman–Crippen MR) is 99.7 cm³/mol. The van der Waals surface area contributed by atoms with Gasteiger partial charge >= 0.3 is 0 Å². The average Bonchev–Trinajstić information content (AvgIpc) is 2.46. The van der Waals surface area contributed by atoms with Crippen molar-refractivity contribution in [2.75, 3.05) is 12.3 Å². The molecule has 0 atom stereocenters. The van der Waals surface area contributed by atoms with E-state index in [2.05, 4.69) is 45.1 Å². The van der Waals surface area contributed by atoms with Crippen molar-refractivity contribution in [2.24, 2.45) is 5.73 Å². The van der Waals surface area contributed by atoms with Gasteiger partial charge in [0.05, 0.1) is 0 Å². The zero-order valence-corrected chi connectivity index (χ0v) is 14.2. The number of nitrogen functional groups attached to an aromatic ring is 1. The summed E-state index contributed by atoms with van der Waals surface area (Å²) in [5, 5.41) is 0. The molecule has 120 valence electrons. The fourth-order valence-electron chi connectivity index (χ4n) is 2.31. The van der Waals surface area contributed by atoms with Gasteiger partial charge in [-0.15, -0.1) is 0 Å². The van der Waals surface area contributed by atoms with Crippen LogP contribution in [0.1, 0.15) is 51.2 Å². The van der Waals surface area contributed by atoms with Crippen molar-refractivity contribution in [2.45, 2.75) is 46.5 Å². The molecule has 2 nitrogen and oxygen atoms in total. The largest absolute Gasteiger partial charge is 0.398 e. The highest BCUT2D eigenvalue weighted by atomic mass is 14.6. The number of hydrogen-bond acceptors (Lipinski definition) is 2. The van der Waals surface area contributed by atoms with Crippen LogP contribution >= 0.6 is 0 Å². The van der Waals surface area contributed by atoms with Crippen molar-refractivity contribution >= 4 is 11.8 Å². The SMILES string of the molecule is CC(C)=CCC/C(C)=C/CCc1ccc(/C=C/CN)cc1N. The Morgan fingerprint density at radius 1 is 1.09 bits per heavy atom. The Morgan fingerprint density at radius 3 is 2.50 bits per heavy atom. The minimum absolute atomic E-state index is 0.554. The third kappa shape index (κ3) is 7.28. The van der Waals surface area contributed by atoms with Gasteiger partial charge in [-0.05, 0) is 63.6 Å². The third-order valence-electron chi connectivity index (χ3n) is 3.61. The first-order valence-electron chi connectivity index (χ1n) is 8.07. The number of nitrogens with two attached hydrogens (primary N) is 2. The maximum atomic E-state index is 6.13. The lowest BCUT2D eigenvalue weighted by Crippen LogP contribution is -1.95. The summed E-state index contributed by atoms with van der Waals surface area (Å²) >= 11 is 0. The number of anilines is 1. The molecule has 0 bridgehead atoms. The van der Waals surface area contributed by atoms with E-state index in [0.29, 0.717) is 6.54 Å². The number of benzene rings is 1. The van der Waals surface area contributed by atoms with Gasteiger partial charge in [0.25, 0.3) is 0 Å². The van der Waals surface area contributed by atoms with Crippen LogP contribution < -0.4 is 11.5 Å². The van der Waals surface area contributed by atoms with Crippen molar-refractivity contribution in [3.8, 4) is 0 Å². The van der Waals surface area contributed by atoms with E-state index in [4.69, 9.17) is 11.5 Å². The molecule has 1 aromatic rings. The fourth-order valence-corrected chi connectivity index (χ4v) is 2.31. The Morgan fingerprint density at radius 2 is 1.86 bits per heavy atom. The first-order chi connectivity index (χ1) is 10.5. The molecule has 2 heteroatoms. The molecule has 22 heavy (non-hydrogen) atoms. The van der Waals surface area contributed by atoms with E-state index in [1.165, 1.54) is 16.7 Å². The maximum Gasteiger partial charge on any atom is 0.0352 e. The van der Waals surface area contributed by atoms with Gasteiger partial charge in [0.2, 0.25) is 0 Å². The van der Waals surface area contributed by atoms with Crippen molar-refractivity contribution in [3.05, 3.63) is 58.7 Å². The molecule has 1 rings (SSSR count). The van der Waals surface area contributed by atoms with Gasteiger partial charge in [0.1, 0.15) is 0 Å². The molecule has 0 heterocycles. The summed E-state index contributed by atoms with van der Waals surface area (Å²) in [7, 11) is 0. The van der Waals surface area contributed by atoms with Gasteiger partial charge in [0, 0.05) is 12.2 Å². The van der Waals surface area contributed by atoms with Gasteiger partial charge in [0.15, 0.2) is 0 Å². The van der Waals surface area contributed by atoms with Crippen LogP contribution in [0, 0.1) is 0 Å². The van der Waals surface area contributed by atoms with Crippen LogP contribution in [0.15, 0.2) is 47.6 Å². The van der Waals surface area contributed by atoms with Gasteiger partial charge < -0.3 is 11.5 Å². The van der Waals surface area contributed by atoms with E-state index in [-0.39, 0.29) is 0 Å². The van der Waals surface area contributed by atoms with E-state index in [9.17, 15) is 0 Å². The van der Waals surface area contributed by atoms with Crippen molar-refractivity contribution in [1.29, 1.82) is 0 Å². The topological polar surface area (TPSA) is 52.0 Å². The lowest BCUT2D eigenvalue weighted by molar-refractivity contribution is 0.926. The summed E-state index contributed by atoms with van der Waals surface area (Å²) in [6.45, 7) is 7.06. The summed E-state index contributed by atoms with van der Waals surface area (Å²) in [4.78, 5) is 0. The molecule has 0 spiro atoms. The summed E-state index contributed by atoms with van der Waals surface area (Å²) in [5.74, 6) is 0. The molecular weight excluding hydrogens is 268 g/mol. The molecule has 0 amide bonds. The summed E-state index contributed by atoms with van der Waals surface area (Å²) in [6, 6.07) is 6.24. The van der Waals surface area contributed by atoms with Crippen molar-refractivity contribution in [1.82, 2.24) is 0 Å². The minimum atomic E-state index is 0.554. The van der Waals surface area contributed by atoms with E-state index in [1.54, 1.807) is 0 Å². The highest BCUT2D eigenvalue weighted by Gasteiger charge is 1.99. The molecule has 0 aliphatic rings. The number of hydrogen-bond donors (Lipinski definition) is 2. The van der Waals surface area contributed by atoms with Crippen LogP contribution in [-0.2, 0) is 6.42 Å². The van der Waals surface area contributed by atoms with Crippen LogP contribution in [0.25, 0.3) is 6.08 Å². The van der Waals surface area contributed by atoms with Crippen molar-refractivity contribution in [3.63, 3.8) is 0 Å². The zero-order valence-electron chi connectivity index (χ0n) is 14.2. The second kappa shape index (κ2) is 10.0. The van der Waals surface area contributed by atoms with Crippen LogP contribution in [0.5, 0.6) is 0 Å². The average molecular weight is 298 g/mol. The molecule has 0 aromatic heterocycles. The first kappa shape index (κ1) is 18.2. The molecule has 4 N–H and O–H groups in total. The molecule has 1 aromatic carbocycles. The van der Waals surface area contributed by atoms with Gasteiger partial charge in [-0.1, -0.05) is 47.6 Å². The summed E-state index contributed by atoms with van der Waals surface area (Å²) in [5.41, 5.74) is 17.6. The Labute approximate surface area is 135 Å². The highest BCUT2D eigenvalue weighted by Crippen LogP contribution is 2.18. The molecule has 0 aliphatic carbocycles. The van der Waals surface area contributed by atoms with Crippen LogP contribution in [0.4, 0.5) is 5.69 Å². The Hall–Kier alpha value is -1.80. The van der Waals surface area contributed by atoms with Crippen LogP contribution in [0.3, 0.4) is 0 Å². The fraction of sp³-hybridized carbons (Fsp3) is 0.400. The molecule has 0 saturated carbocycles. The van der Waals surface area contributed by atoms with E-state index < -0.39 is 0 Å². The van der Waals surface area contributed by atoms with Gasteiger partial charge in [-0.25, -0.2) is 0 Å². The second-order valence-electron chi connectivity index (χ2n) is 6.01. The number of allylic oxidation sites excluding steroid dienone is 4. The third-order valence-corrected chi connectivity index (χ3v) is 3.61. The maximum absolute atomic E-state index is 6.13. The summed E-state index contributed by atoms with van der Waals surface area (Å²) < 4.78 is 0. The second-order valence-corrected chi connectivity index (χ2v) is 6.01. The van der Waals surface area contributed by atoms with Crippen molar-refractivity contribution < 1.29 is 0 Å². The number of rotatable bonds is 8. The zero-order chi connectivity index (χ0) is 16.4. The lowest BCUT2D eigenvalue weighted by atomic mass is 10.0. The van der Waals surface area contributed by atoms with E-state index >= 15 is 0 Å². The van der Waals surface area contributed by atoms with Crippen LogP contribution in [0.2, 0.25) is 0 Å². The van der Waals surface area contributed by atoms with E-state index in [0.717, 1.165) is 36.9 Å². The molecule has 0 saturated heterocycles. The van der Waals surface area contributed by atoms with Gasteiger partial charge in [-0.3, -0.25) is 0 Å². The smallest absolute Gasteiger partial charge is 0.0352 e. The van der Waals surface area contributed by atoms with Gasteiger partial charge in [-0.2, -0.15) is 0 Å². The number of aryl methyl sites for hydroxylation is 1. The lowest BCUT2D eigenvalue weighted by Gasteiger charge is -2.06. The normalized spacial score (nSPS) is 11.9. The molecule has 0 fully saturated rings. The van der Waals surface area contributed by atoms with E-state index in [1.807, 2.05) is 18.2 Å². The minimum Gasteiger partial charge on any atom is -0.398 e. The predicted octanol–water partition coefficient (Wildman–Crippen LogP) is 4.87. The Kier molecular flexibility index (Phi) is 8.31. The standard InChI is InChI=1S/C20H30N2/c1-16(2)7-4-8-17(3)9-5-11-19-13-12-18(10-6-14-21)15-20(19)22/h6-7,9-10,12-13,15H,4-5,8,11,14,21-22H2,1-3H3/b10-6+,17-9+. The molecule has 0 unspecified atom stereocenters. The first-order valence-corrected chi connectivity index (χ1v) is 8.07. The highest BCUT2D eigenvalue weighted by molar-refractivity contribution is 5.59. The Balaban J connectivity index is 2.50. The molecule has 0 radical (unpaired) electrons. The quantitative estimate of drug-likeness (QED) is 0.531.